The molecule has 54 valence electrons. The lowest BCUT2D eigenvalue weighted by molar-refractivity contribution is 0.484. The fourth-order valence-electron chi connectivity index (χ4n) is 0.646. The molecule has 0 atom stereocenters. The molecule has 0 bridgehead atoms. The van der Waals surface area contributed by atoms with Crippen molar-refractivity contribution in [1.82, 2.24) is 0 Å². The van der Waals surface area contributed by atoms with Gasteiger partial charge in [-0.1, -0.05) is 6.92 Å². The van der Waals surface area contributed by atoms with Gasteiger partial charge in [-0.15, -0.1) is 0 Å². The van der Waals surface area contributed by atoms with Crippen molar-refractivity contribution in [2.24, 2.45) is 0 Å². The lowest BCUT2D eigenvalue weighted by atomic mass is 10.2. The molecule has 1 heteroatoms. The Hall–Kier alpha value is -0.850. The predicted octanol–water partition coefficient (Wildman–Crippen LogP) is 2.74. The topological polar surface area (TPSA) is 11.3 Å². The number of rotatable bonds is 1. The zero-order valence-electron chi connectivity index (χ0n) is 13.6. The zero-order valence-corrected chi connectivity index (χ0v) is 5.56. The molecule has 0 aliphatic rings. The summed E-state index contributed by atoms with van der Waals surface area (Å²) in [7, 11) is 0. The van der Waals surface area contributed by atoms with Gasteiger partial charge in [-0.3, -0.25) is 0 Å². The SMILES string of the molecule is [2H]C([2H])([2H])c1cc(C([2H])([2H])C)cc(C([2H])([2H])[2H])[o+]1. The minimum atomic E-state index is -2.62. The molecule has 0 saturated carbocycles. The summed E-state index contributed by atoms with van der Waals surface area (Å²) in [5, 5.41) is 0. The molecule has 1 aromatic rings. The summed E-state index contributed by atoms with van der Waals surface area (Å²) in [5.41, 5.74) is -0.0361. The summed E-state index contributed by atoms with van der Waals surface area (Å²) >= 11 is 0. The van der Waals surface area contributed by atoms with Crippen LogP contribution in [0.4, 0.5) is 0 Å². The van der Waals surface area contributed by atoms with E-state index < -0.39 is 31.6 Å². The molecule has 1 heterocycles. The maximum atomic E-state index is 7.53. The molecule has 0 radical (unpaired) electrons. The molecule has 0 aliphatic carbocycles. The lowest BCUT2D eigenvalue weighted by Crippen LogP contribution is -1.83. The maximum absolute atomic E-state index is 7.53. The van der Waals surface area contributed by atoms with Crippen LogP contribution in [0, 0.1) is 13.7 Å². The van der Waals surface area contributed by atoms with Crippen molar-refractivity contribution in [3.05, 3.63) is 29.2 Å². The van der Waals surface area contributed by atoms with Crippen LogP contribution in [0.2, 0.25) is 0 Å². The number of hydrogen-bond donors (Lipinski definition) is 0. The molecule has 1 nitrogen and oxygen atoms in total. The molecule has 1 rings (SSSR count). The number of hydrogen-bond acceptors (Lipinski definition) is 0. The van der Waals surface area contributed by atoms with E-state index in [2.05, 4.69) is 0 Å². The molecule has 1 aromatic heterocycles. The average molecular weight is 145 g/mol. The van der Waals surface area contributed by atoms with Crippen LogP contribution in [0.1, 0.15) is 35.0 Å². The third kappa shape index (κ3) is 1.56. The molecule has 0 fully saturated rings. The van der Waals surface area contributed by atoms with Crippen LogP contribution in [0.5, 0.6) is 0 Å². The van der Waals surface area contributed by atoms with Gasteiger partial charge in [0.25, 0.3) is 0 Å². The molecule has 0 spiro atoms. The first kappa shape index (κ1) is 2.07. The molecule has 0 saturated heterocycles. The first-order valence-corrected chi connectivity index (χ1v) is 2.81. The van der Waals surface area contributed by atoms with Gasteiger partial charge in [0.2, 0.25) is 0 Å². The Kier molecular flexibility index (Phi) is 0.583. The Bertz CT molecular complexity index is 360. The van der Waals surface area contributed by atoms with E-state index in [9.17, 15) is 0 Å². The highest BCUT2D eigenvalue weighted by Gasteiger charge is 2.05. The van der Waals surface area contributed by atoms with Crippen LogP contribution in [0.3, 0.4) is 0 Å². The van der Waals surface area contributed by atoms with Gasteiger partial charge in [0.15, 0.2) is 0 Å². The van der Waals surface area contributed by atoms with Crippen LogP contribution in [-0.4, -0.2) is 0 Å². The van der Waals surface area contributed by atoms with E-state index in [0.29, 0.717) is 0 Å². The Morgan fingerprint density at radius 2 is 2.10 bits per heavy atom. The van der Waals surface area contributed by atoms with Gasteiger partial charge in [0, 0.05) is 23.1 Å². The minimum Gasteiger partial charge on any atom is -0.218 e. The smallest absolute Gasteiger partial charge is 0.218 e. The third-order valence-electron chi connectivity index (χ3n) is 1.08. The van der Waals surface area contributed by atoms with Gasteiger partial charge in [0.05, 0.1) is 13.7 Å². The second-order valence-electron chi connectivity index (χ2n) is 1.82. The summed E-state index contributed by atoms with van der Waals surface area (Å²) in [4.78, 5) is 0. The highest BCUT2D eigenvalue weighted by molar-refractivity contribution is 5.16. The highest BCUT2D eigenvalue weighted by atomic mass is 16.3. The molecule has 0 N–H and O–H groups in total. The van der Waals surface area contributed by atoms with Crippen molar-refractivity contribution in [3.8, 4) is 0 Å². The van der Waals surface area contributed by atoms with E-state index in [1.807, 2.05) is 0 Å². The molecule has 0 unspecified atom stereocenters. The van der Waals surface area contributed by atoms with Crippen LogP contribution in [0.15, 0.2) is 16.5 Å². The molecular formula is C9H13O+. The summed E-state index contributed by atoms with van der Waals surface area (Å²) in [6.45, 7) is -4.03. The Labute approximate surface area is 72.9 Å². The van der Waals surface area contributed by atoms with Crippen molar-refractivity contribution in [2.45, 2.75) is 27.0 Å². The largest absolute Gasteiger partial charge is 0.326 e. The van der Waals surface area contributed by atoms with Crippen molar-refractivity contribution >= 4 is 0 Å². The van der Waals surface area contributed by atoms with Crippen molar-refractivity contribution in [1.29, 1.82) is 0 Å². The molecule has 10 heavy (non-hydrogen) atoms. The third-order valence-corrected chi connectivity index (χ3v) is 1.08. The van der Waals surface area contributed by atoms with E-state index in [1.54, 1.807) is 0 Å². The van der Waals surface area contributed by atoms with Crippen molar-refractivity contribution < 1.29 is 15.4 Å². The fourth-order valence-corrected chi connectivity index (χ4v) is 0.646. The highest BCUT2D eigenvalue weighted by Crippen LogP contribution is 2.08. The van der Waals surface area contributed by atoms with Crippen LogP contribution in [0.25, 0.3) is 0 Å². The van der Waals surface area contributed by atoms with Gasteiger partial charge in [-0.25, -0.2) is 4.42 Å². The van der Waals surface area contributed by atoms with E-state index in [1.165, 1.54) is 6.92 Å². The lowest BCUT2D eigenvalue weighted by Gasteiger charge is -1.89. The standard InChI is InChI=1S/C9H13O/c1-4-9-5-7(2)10-8(3)6-9/h5-6H,4H2,1-3H3/q+1/i2D3,3D3,4D2. The number of aryl methyl sites for hydroxylation is 3. The van der Waals surface area contributed by atoms with Gasteiger partial charge in [0.1, 0.15) is 0 Å². The summed E-state index contributed by atoms with van der Waals surface area (Å²) in [6, 6.07) is 2.06. The maximum Gasteiger partial charge on any atom is 0.326 e. The molecule has 0 aromatic carbocycles. The Morgan fingerprint density at radius 1 is 1.50 bits per heavy atom. The fraction of sp³-hybridized carbons (Fsp3) is 0.444. The van der Waals surface area contributed by atoms with Crippen LogP contribution < -0.4 is 0 Å². The summed E-state index contributed by atoms with van der Waals surface area (Å²) in [6.07, 6.45) is -1.85. The Balaban J connectivity index is 3.49. The quantitative estimate of drug-likeness (QED) is 0.553. The molecule has 0 aliphatic heterocycles. The summed E-state index contributed by atoms with van der Waals surface area (Å²) in [5.74, 6) is -1.06. The van der Waals surface area contributed by atoms with Crippen LogP contribution >= 0.6 is 0 Å². The monoisotopic (exact) mass is 145 g/mol. The van der Waals surface area contributed by atoms with Crippen molar-refractivity contribution in [3.63, 3.8) is 0 Å². The minimum absolute atomic E-state index is 0.0361. The second-order valence-corrected chi connectivity index (χ2v) is 1.82. The zero-order chi connectivity index (χ0) is 14.4. The Morgan fingerprint density at radius 3 is 2.50 bits per heavy atom. The van der Waals surface area contributed by atoms with E-state index in [4.69, 9.17) is 15.4 Å². The first-order valence-electron chi connectivity index (χ1n) is 6.81. The van der Waals surface area contributed by atoms with Crippen molar-refractivity contribution in [2.75, 3.05) is 0 Å². The van der Waals surface area contributed by atoms with E-state index >= 15 is 0 Å². The first-order chi connectivity index (χ1) is 7.82. The van der Waals surface area contributed by atoms with Gasteiger partial charge in [-0.2, -0.15) is 0 Å². The molecule has 0 amide bonds. The average Bonchev–Trinajstić information content (AvgIpc) is 2.13. The van der Waals surface area contributed by atoms with Crippen LogP contribution in [-0.2, 0) is 6.37 Å². The van der Waals surface area contributed by atoms with Gasteiger partial charge >= 0.3 is 11.5 Å². The normalized spacial score (nSPS) is 25.7. The second kappa shape index (κ2) is 2.82. The molecular weight excluding hydrogens is 124 g/mol. The van der Waals surface area contributed by atoms with E-state index in [-0.39, 0.29) is 5.56 Å². The predicted molar refractivity (Wildman–Crippen MR) is 42.0 cm³/mol. The summed E-state index contributed by atoms with van der Waals surface area (Å²) < 4.78 is 63.2. The van der Waals surface area contributed by atoms with Gasteiger partial charge in [-0.05, 0) is 11.9 Å². The van der Waals surface area contributed by atoms with E-state index in [0.717, 1.165) is 12.1 Å². The van der Waals surface area contributed by atoms with Gasteiger partial charge < -0.3 is 0 Å².